The lowest BCUT2D eigenvalue weighted by molar-refractivity contribution is -0.156. The summed E-state index contributed by atoms with van der Waals surface area (Å²) in [7, 11) is 9.84. The second kappa shape index (κ2) is 17.0. The van der Waals surface area contributed by atoms with Crippen LogP contribution in [-0.4, -0.2) is 142 Å². The van der Waals surface area contributed by atoms with Crippen LogP contribution >= 0.6 is 11.3 Å². The van der Waals surface area contributed by atoms with Crippen molar-refractivity contribution in [3.63, 3.8) is 0 Å². The van der Waals surface area contributed by atoms with Crippen molar-refractivity contribution in [1.82, 2.24) is 40.1 Å². The summed E-state index contributed by atoms with van der Waals surface area (Å²) in [5.41, 5.74) is 10.3. The first-order chi connectivity index (χ1) is 30.1. The van der Waals surface area contributed by atoms with E-state index in [9.17, 15) is 14.4 Å². The standard InChI is InChI=1S/C47H62N9O5SSi/c1-8-55-38-12-11-30-20-33(38)35(41(55)34-21-32(24-48-40(34)29(2)60-7)54-18-16-52(5)17-19-54)22-45(3,4)28-61-42(57)36-10-9-15-56(51-36)44(59)47(63,23-39-49-37(30)26-62-39)50-43(58)46-14-13-31(46)25-53(6)27-46/h11-12,20-21,24,26,29,31,36,51H,8-10,13-19,22-23,25,27-28H2,1-7H3,(H,50,58)/t29-,31-,36-,46-,47?/m0/s1. The highest BCUT2D eigenvalue weighted by molar-refractivity contribution is 7.10. The van der Waals surface area contributed by atoms with Crippen LogP contribution in [-0.2, 0) is 43.2 Å². The van der Waals surface area contributed by atoms with Gasteiger partial charge in [0.05, 0.1) is 62.3 Å². The third-order valence-electron chi connectivity index (χ3n) is 14.4. The van der Waals surface area contributed by atoms with E-state index in [1.54, 1.807) is 7.11 Å². The van der Waals surface area contributed by atoms with Gasteiger partial charge in [0.15, 0.2) is 0 Å². The number of nitrogens with one attached hydrogen (secondary N) is 2. The molecule has 2 amide bonds. The van der Waals surface area contributed by atoms with Crippen LogP contribution in [0.2, 0.25) is 0 Å². The molecular formula is C47H62N9O5SSi. The number of hydrogen-bond acceptors (Lipinski definition) is 12. The van der Waals surface area contributed by atoms with Crippen molar-refractivity contribution in [3.05, 3.63) is 52.1 Å². The first-order valence-corrected chi connectivity index (χ1v) is 24.1. The maximum Gasteiger partial charge on any atom is 0.324 e. The van der Waals surface area contributed by atoms with E-state index < -0.39 is 28.0 Å². The third-order valence-corrected chi connectivity index (χ3v) is 15.8. The van der Waals surface area contributed by atoms with Crippen LogP contribution < -0.4 is 15.6 Å². The minimum absolute atomic E-state index is 0.123. The first kappa shape index (κ1) is 44.0. The van der Waals surface area contributed by atoms with Crippen LogP contribution in [0.1, 0.15) is 75.7 Å². The fraction of sp³-hybridized carbons (Fsp3) is 0.596. The number of nitrogens with zero attached hydrogens (tertiary/aromatic N) is 7. The van der Waals surface area contributed by atoms with E-state index >= 15 is 0 Å². The molecule has 3 aromatic heterocycles. The lowest BCUT2D eigenvalue weighted by atomic mass is 9.61. The number of benzene rings is 1. The molecule has 7 heterocycles. The van der Waals surface area contributed by atoms with Crippen LogP contribution in [0.3, 0.4) is 0 Å². The van der Waals surface area contributed by atoms with Gasteiger partial charge >= 0.3 is 5.97 Å². The van der Waals surface area contributed by atoms with Gasteiger partial charge in [0.1, 0.15) is 11.2 Å². The number of piperazine rings is 1. The second-order valence-electron chi connectivity index (χ2n) is 19.6. The molecule has 4 fully saturated rings. The zero-order valence-electron chi connectivity index (χ0n) is 37.9. The minimum atomic E-state index is -1.51. The van der Waals surface area contributed by atoms with Gasteiger partial charge in [-0.25, -0.2) is 10.4 Å². The summed E-state index contributed by atoms with van der Waals surface area (Å²) < 4.78 is 14.6. The topological polar surface area (TPSA) is 137 Å². The van der Waals surface area contributed by atoms with Crippen molar-refractivity contribution < 1.29 is 23.9 Å². The Labute approximate surface area is 378 Å². The Bertz CT molecular complexity index is 2410. The third kappa shape index (κ3) is 8.13. The number of amides is 2. The molecule has 0 spiro atoms. The van der Waals surface area contributed by atoms with Gasteiger partial charge in [-0.1, -0.05) is 19.9 Å². The van der Waals surface area contributed by atoms with E-state index in [1.807, 2.05) is 18.5 Å². The number of aromatic nitrogens is 3. The van der Waals surface area contributed by atoms with Gasteiger partial charge < -0.3 is 34.1 Å². The quantitative estimate of drug-likeness (QED) is 0.196. The summed E-state index contributed by atoms with van der Waals surface area (Å²) in [6, 6.07) is 8.13. The monoisotopic (exact) mass is 892 g/mol. The molecule has 5 aliphatic rings. The van der Waals surface area contributed by atoms with Crippen molar-refractivity contribution in [2.24, 2.45) is 16.7 Å². The number of carbonyl (C=O) groups is 3. The molecular weight excluding hydrogens is 831 g/mol. The van der Waals surface area contributed by atoms with Gasteiger partial charge in [-0.2, -0.15) is 0 Å². The highest BCUT2D eigenvalue weighted by Crippen LogP contribution is 2.52. The van der Waals surface area contributed by atoms with Gasteiger partial charge in [0, 0.05) is 98.7 Å². The number of thiazole rings is 1. The van der Waals surface area contributed by atoms with Crippen LogP contribution in [0.4, 0.5) is 5.69 Å². The average Bonchev–Trinajstić information content (AvgIpc) is 3.93. The number of pyridine rings is 1. The average molecular weight is 893 g/mol. The van der Waals surface area contributed by atoms with E-state index in [2.05, 4.69) is 99.4 Å². The van der Waals surface area contributed by atoms with Crippen LogP contribution in [0.25, 0.3) is 33.4 Å². The molecule has 3 radical (unpaired) electrons. The van der Waals surface area contributed by atoms with E-state index in [-0.39, 0.29) is 36.9 Å². The Hall–Kier alpha value is -4.19. The predicted molar refractivity (Wildman–Crippen MR) is 246 cm³/mol. The van der Waals surface area contributed by atoms with Crippen LogP contribution in [0, 0.1) is 16.7 Å². The molecule has 5 atom stereocenters. The Morgan fingerprint density at radius 2 is 1.89 bits per heavy atom. The van der Waals surface area contributed by atoms with Gasteiger partial charge in [0.25, 0.3) is 5.91 Å². The van der Waals surface area contributed by atoms with E-state index in [1.165, 1.54) is 16.3 Å². The molecule has 6 bridgehead atoms. The van der Waals surface area contributed by atoms with E-state index in [0.717, 1.165) is 102 Å². The molecule has 1 aliphatic carbocycles. The van der Waals surface area contributed by atoms with E-state index in [4.69, 9.17) is 19.4 Å². The van der Waals surface area contributed by atoms with E-state index in [0.29, 0.717) is 37.4 Å². The molecule has 63 heavy (non-hydrogen) atoms. The number of likely N-dealkylation sites (tertiary alicyclic amines) is 1. The summed E-state index contributed by atoms with van der Waals surface area (Å²) in [4.78, 5) is 60.4. The number of esters is 1. The Morgan fingerprint density at radius 1 is 1.10 bits per heavy atom. The Morgan fingerprint density at radius 3 is 2.60 bits per heavy atom. The summed E-state index contributed by atoms with van der Waals surface area (Å²) in [6.45, 7) is 15.1. The molecule has 3 saturated heterocycles. The molecule has 9 rings (SSSR count). The fourth-order valence-electron chi connectivity index (χ4n) is 10.7. The smallest absolute Gasteiger partial charge is 0.324 e. The van der Waals surface area contributed by atoms with Gasteiger partial charge in [-0.05, 0) is 89.7 Å². The number of rotatable bonds is 7. The molecule has 1 aromatic carbocycles. The summed E-state index contributed by atoms with van der Waals surface area (Å²) in [5.74, 6) is -0.638. The molecule has 2 N–H and O–H groups in total. The van der Waals surface area contributed by atoms with Crippen molar-refractivity contribution in [3.8, 4) is 22.5 Å². The van der Waals surface area contributed by atoms with Crippen molar-refractivity contribution in [2.45, 2.75) is 90.1 Å². The highest BCUT2D eigenvalue weighted by Gasteiger charge is 2.58. The maximum absolute atomic E-state index is 14.7. The molecule has 335 valence electrons. The van der Waals surface area contributed by atoms with Crippen LogP contribution in [0.15, 0.2) is 35.8 Å². The molecule has 1 unspecified atom stereocenters. The number of methoxy groups -OCH3 is 1. The fourth-order valence-corrected chi connectivity index (χ4v) is 12.1. The largest absolute Gasteiger partial charge is 0.464 e. The normalized spacial score (nSPS) is 27.4. The minimum Gasteiger partial charge on any atom is -0.464 e. The zero-order chi connectivity index (χ0) is 44.4. The number of aryl methyl sites for hydroxylation is 1. The molecule has 16 heteroatoms. The molecule has 14 nitrogen and oxygen atoms in total. The lowest BCUT2D eigenvalue weighted by Gasteiger charge is -2.45. The molecule has 4 aromatic rings. The van der Waals surface area contributed by atoms with Crippen molar-refractivity contribution >= 4 is 56.0 Å². The van der Waals surface area contributed by atoms with Crippen LogP contribution in [0.5, 0.6) is 0 Å². The van der Waals surface area contributed by atoms with Gasteiger partial charge in [-0.15, -0.1) is 11.3 Å². The number of hydrazine groups is 1. The number of cyclic esters (lactones) is 1. The summed E-state index contributed by atoms with van der Waals surface area (Å²) >= 11 is 1.47. The predicted octanol–water partition coefficient (Wildman–Crippen LogP) is 4.79. The maximum atomic E-state index is 14.7. The van der Waals surface area contributed by atoms with Crippen molar-refractivity contribution in [1.29, 1.82) is 0 Å². The summed E-state index contributed by atoms with van der Waals surface area (Å²) in [6.07, 6.45) is 5.36. The SMILES string of the molecule is CCn1c(-c2cc(N3CCN(C)CC3)cnc2[C@H](C)OC)c2c3cc(ccc31)-c1csc(n1)CC([Si])(NC(=O)[C@]13CC[C@H]1CN(C)C3)C(=O)N1CCC[C@H](N1)C(=O)OCC(C)(C)C2. The molecule has 4 aliphatic heterocycles. The number of ether oxygens (including phenoxy) is 2. The second-order valence-corrected chi connectivity index (χ2v) is 21.4. The lowest BCUT2D eigenvalue weighted by Crippen LogP contribution is -2.69. The summed E-state index contributed by atoms with van der Waals surface area (Å²) in [5, 5.41) is 7.03. The van der Waals surface area contributed by atoms with Crippen molar-refractivity contribution in [2.75, 3.05) is 78.5 Å². The number of fused-ring (bicyclic) bond motifs is 7. The zero-order valence-corrected chi connectivity index (χ0v) is 39.7. The first-order valence-electron chi connectivity index (χ1n) is 22.7. The van der Waals surface area contributed by atoms with Gasteiger partial charge in [0.2, 0.25) is 5.91 Å². The number of likely N-dealkylation sites (N-methyl/N-ethyl adjacent to an activating group) is 1. The number of carbonyl (C=O) groups excluding carboxylic acids is 3. The Kier molecular flexibility index (Phi) is 11.9. The Balaban J connectivity index is 1.17. The number of anilines is 1. The molecule has 1 saturated carbocycles. The number of hydrogen-bond donors (Lipinski definition) is 2. The van der Waals surface area contributed by atoms with Gasteiger partial charge in [-0.3, -0.25) is 24.4 Å². The highest BCUT2D eigenvalue weighted by atomic mass is 32.1.